The Hall–Kier alpha value is -0.460. The van der Waals surface area contributed by atoms with Crippen LogP contribution in [0.5, 0.6) is 0 Å². The van der Waals surface area contributed by atoms with Crippen molar-refractivity contribution in [2.24, 2.45) is 0 Å². The Balaban J connectivity index is 2.32. The number of carbonyl (C=O) groups is 1. The van der Waals surface area contributed by atoms with E-state index < -0.39 is 11.7 Å². The van der Waals surface area contributed by atoms with Gasteiger partial charge >= 0.3 is 0 Å². The fourth-order valence-electron chi connectivity index (χ4n) is 1.30. The summed E-state index contributed by atoms with van der Waals surface area (Å²) in [5, 5.41) is 3.45. The third kappa shape index (κ3) is 5.46. The number of rotatable bonds is 7. The summed E-state index contributed by atoms with van der Waals surface area (Å²) in [5.41, 5.74) is 0.0552. The van der Waals surface area contributed by atoms with Crippen LogP contribution in [-0.4, -0.2) is 31.0 Å². The summed E-state index contributed by atoms with van der Waals surface area (Å²) < 4.78 is 19.3. The van der Waals surface area contributed by atoms with E-state index >= 15 is 0 Å². The number of benzene rings is 1. The lowest BCUT2D eigenvalue weighted by Crippen LogP contribution is -2.26. The van der Waals surface area contributed by atoms with E-state index in [1.165, 1.54) is 12.1 Å². The maximum atomic E-state index is 13.5. The van der Waals surface area contributed by atoms with E-state index in [-0.39, 0.29) is 5.56 Å². The molecular formula is C12H14Br2FNO2. The van der Waals surface area contributed by atoms with E-state index in [2.05, 4.69) is 37.2 Å². The molecule has 1 aromatic carbocycles. The predicted octanol–water partition coefficient (Wildman–Crippen LogP) is 3.12. The van der Waals surface area contributed by atoms with Crippen molar-refractivity contribution in [2.75, 3.05) is 25.1 Å². The lowest BCUT2D eigenvalue weighted by atomic mass is 10.2. The second-order valence-electron chi connectivity index (χ2n) is 3.53. The minimum absolute atomic E-state index is 0.0552. The van der Waals surface area contributed by atoms with Crippen LogP contribution in [0.3, 0.4) is 0 Å². The van der Waals surface area contributed by atoms with Crippen LogP contribution in [0.25, 0.3) is 0 Å². The molecular weight excluding hydrogens is 369 g/mol. The van der Waals surface area contributed by atoms with Crippen molar-refractivity contribution in [2.45, 2.75) is 6.42 Å². The number of carbonyl (C=O) groups excluding carboxylic acids is 1. The number of amides is 1. The Bertz CT molecular complexity index is 402. The Morgan fingerprint density at radius 2 is 2.17 bits per heavy atom. The van der Waals surface area contributed by atoms with E-state index in [1.54, 1.807) is 6.07 Å². The third-order valence-corrected chi connectivity index (χ3v) is 2.97. The zero-order chi connectivity index (χ0) is 13.4. The molecule has 0 radical (unpaired) electrons. The minimum Gasteiger partial charge on any atom is -0.381 e. The van der Waals surface area contributed by atoms with E-state index in [0.717, 1.165) is 5.33 Å². The Morgan fingerprint density at radius 3 is 2.83 bits per heavy atom. The van der Waals surface area contributed by atoms with Gasteiger partial charge in [0.25, 0.3) is 5.91 Å². The molecule has 0 heterocycles. The van der Waals surface area contributed by atoms with Gasteiger partial charge in [-0.3, -0.25) is 4.79 Å². The second kappa shape index (κ2) is 8.61. The van der Waals surface area contributed by atoms with Crippen molar-refractivity contribution in [3.05, 3.63) is 34.1 Å². The first-order valence-electron chi connectivity index (χ1n) is 5.52. The van der Waals surface area contributed by atoms with Gasteiger partial charge in [-0.25, -0.2) is 4.39 Å². The molecule has 3 nitrogen and oxygen atoms in total. The minimum atomic E-state index is -0.530. The van der Waals surface area contributed by atoms with Crippen molar-refractivity contribution in [1.29, 1.82) is 0 Å². The Labute approximate surface area is 122 Å². The number of ether oxygens (including phenoxy) is 1. The molecule has 1 amide bonds. The number of nitrogens with one attached hydrogen (secondary N) is 1. The second-order valence-corrected chi connectivity index (χ2v) is 5.24. The van der Waals surface area contributed by atoms with Crippen molar-refractivity contribution < 1.29 is 13.9 Å². The molecule has 0 bridgehead atoms. The molecule has 0 spiro atoms. The van der Waals surface area contributed by atoms with Gasteiger partial charge in [-0.1, -0.05) is 31.9 Å². The largest absolute Gasteiger partial charge is 0.381 e. The molecule has 0 atom stereocenters. The Morgan fingerprint density at radius 1 is 1.39 bits per heavy atom. The smallest absolute Gasteiger partial charge is 0.254 e. The van der Waals surface area contributed by atoms with Gasteiger partial charge in [-0.05, 0) is 24.6 Å². The van der Waals surface area contributed by atoms with Crippen LogP contribution >= 0.6 is 31.9 Å². The van der Waals surface area contributed by atoms with Gasteiger partial charge in [0.15, 0.2) is 0 Å². The molecule has 0 unspecified atom stereocenters. The highest BCUT2D eigenvalue weighted by Crippen LogP contribution is 2.15. The highest BCUT2D eigenvalue weighted by atomic mass is 79.9. The van der Waals surface area contributed by atoms with Crippen LogP contribution < -0.4 is 5.32 Å². The molecule has 1 N–H and O–H groups in total. The van der Waals surface area contributed by atoms with Crippen molar-refractivity contribution in [3.63, 3.8) is 0 Å². The highest BCUT2D eigenvalue weighted by Gasteiger charge is 2.10. The first-order valence-corrected chi connectivity index (χ1v) is 7.43. The normalized spacial score (nSPS) is 10.4. The molecule has 18 heavy (non-hydrogen) atoms. The van der Waals surface area contributed by atoms with Crippen LogP contribution in [-0.2, 0) is 4.74 Å². The van der Waals surface area contributed by atoms with E-state index in [1.807, 2.05) is 0 Å². The predicted molar refractivity (Wildman–Crippen MR) is 75.7 cm³/mol. The summed E-state index contributed by atoms with van der Waals surface area (Å²) >= 11 is 6.39. The van der Waals surface area contributed by atoms with Crippen LogP contribution in [0.15, 0.2) is 22.7 Å². The van der Waals surface area contributed by atoms with Crippen LogP contribution in [0, 0.1) is 5.82 Å². The van der Waals surface area contributed by atoms with Crippen LogP contribution in [0.4, 0.5) is 4.39 Å². The molecule has 1 aromatic rings. The summed E-state index contributed by atoms with van der Waals surface area (Å²) in [7, 11) is 0. The zero-order valence-corrected chi connectivity index (χ0v) is 12.9. The summed E-state index contributed by atoms with van der Waals surface area (Å²) in [6, 6.07) is 4.36. The quantitative estimate of drug-likeness (QED) is 0.581. The summed E-state index contributed by atoms with van der Waals surface area (Å²) in [5.74, 6) is -0.932. The van der Waals surface area contributed by atoms with Crippen molar-refractivity contribution >= 4 is 37.8 Å². The molecule has 0 fully saturated rings. The fraction of sp³-hybridized carbons (Fsp3) is 0.417. The van der Waals surface area contributed by atoms with Crippen LogP contribution in [0.2, 0.25) is 0 Å². The number of hydrogen-bond acceptors (Lipinski definition) is 2. The van der Waals surface area contributed by atoms with E-state index in [0.29, 0.717) is 30.7 Å². The highest BCUT2D eigenvalue weighted by molar-refractivity contribution is 9.10. The molecule has 0 saturated heterocycles. The average molecular weight is 383 g/mol. The first kappa shape index (κ1) is 15.6. The van der Waals surface area contributed by atoms with E-state index in [9.17, 15) is 9.18 Å². The third-order valence-electron chi connectivity index (χ3n) is 2.15. The van der Waals surface area contributed by atoms with Gasteiger partial charge in [0.05, 0.1) is 12.2 Å². The molecule has 0 aliphatic heterocycles. The maximum Gasteiger partial charge on any atom is 0.254 e. The number of halogens is 3. The SMILES string of the molecule is O=C(NCCCOCCBr)c1ccc(Br)cc1F. The van der Waals surface area contributed by atoms with Gasteiger partial charge in [0, 0.05) is 23.0 Å². The summed E-state index contributed by atoms with van der Waals surface area (Å²) in [4.78, 5) is 11.7. The molecule has 0 aliphatic rings. The Kier molecular flexibility index (Phi) is 7.46. The number of hydrogen-bond donors (Lipinski definition) is 1. The van der Waals surface area contributed by atoms with Gasteiger partial charge in [0.2, 0.25) is 0 Å². The molecule has 0 aromatic heterocycles. The van der Waals surface area contributed by atoms with Gasteiger partial charge in [-0.2, -0.15) is 0 Å². The van der Waals surface area contributed by atoms with Crippen molar-refractivity contribution in [3.8, 4) is 0 Å². The lowest BCUT2D eigenvalue weighted by Gasteiger charge is -2.06. The zero-order valence-electron chi connectivity index (χ0n) is 9.72. The molecule has 100 valence electrons. The topological polar surface area (TPSA) is 38.3 Å². The van der Waals surface area contributed by atoms with Gasteiger partial charge < -0.3 is 10.1 Å². The van der Waals surface area contributed by atoms with E-state index in [4.69, 9.17) is 4.74 Å². The fourth-order valence-corrected chi connectivity index (χ4v) is 1.86. The molecule has 0 aliphatic carbocycles. The first-order chi connectivity index (χ1) is 8.65. The van der Waals surface area contributed by atoms with Crippen molar-refractivity contribution in [1.82, 2.24) is 5.32 Å². The summed E-state index contributed by atoms with van der Waals surface area (Å²) in [6.45, 7) is 1.70. The standard InChI is InChI=1S/C12H14Br2FNO2/c13-4-7-18-6-1-5-16-12(17)10-3-2-9(14)8-11(10)15/h2-3,8H,1,4-7H2,(H,16,17). The molecule has 1 rings (SSSR count). The number of alkyl halides is 1. The lowest BCUT2D eigenvalue weighted by molar-refractivity contribution is 0.0940. The maximum absolute atomic E-state index is 13.5. The van der Waals surface area contributed by atoms with Gasteiger partial charge in [-0.15, -0.1) is 0 Å². The molecule has 0 saturated carbocycles. The monoisotopic (exact) mass is 381 g/mol. The average Bonchev–Trinajstić information content (AvgIpc) is 2.33. The van der Waals surface area contributed by atoms with Crippen LogP contribution in [0.1, 0.15) is 16.8 Å². The summed E-state index contributed by atoms with van der Waals surface area (Å²) in [6.07, 6.45) is 0.705. The molecule has 6 heteroatoms. The van der Waals surface area contributed by atoms with Gasteiger partial charge in [0.1, 0.15) is 5.82 Å².